The molecule has 0 amide bonds. The van der Waals surface area contributed by atoms with Crippen LogP contribution in [0.1, 0.15) is 23.6 Å². The molecule has 0 saturated heterocycles. The molecular formula is C22H21N. The number of para-hydroxylation sites is 1. The van der Waals surface area contributed by atoms with Crippen LogP contribution in [0.2, 0.25) is 0 Å². The minimum absolute atomic E-state index is 1.07. The van der Waals surface area contributed by atoms with E-state index in [0.717, 1.165) is 6.42 Å². The molecule has 1 aliphatic rings. The predicted octanol–water partition coefficient (Wildman–Crippen LogP) is 5.82. The Labute approximate surface area is 138 Å². The summed E-state index contributed by atoms with van der Waals surface area (Å²) in [4.78, 5) is 2.35. The first kappa shape index (κ1) is 14.1. The summed E-state index contributed by atoms with van der Waals surface area (Å²) in [6.07, 6.45) is 3.51. The zero-order valence-corrected chi connectivity index (χ0v) is 13.5. The Hall–Kier alpha value is -2.54. The van der Waals surface area contributed by atoms with E-state index in [1.54, 1.807) is 0 Å². The molecule has 0 aliphatic heterocycles. The summed E-state index contributed by atoms with van der Waals surface area (Å²) in [6, 6.07) is 26.4. The molecule has 4 rings (SSSR count). The van der Waals surface area contributed by atoms with Crippen LogP contribution >= 0.6 is 0 Å². The second-order valence-electron chi connectivity index (χ2n) is 6.14. The zero-order chi connectivity index (χ0) is 15.6. The second-order valence-corrected chi connectivity index (χ2v) is 6.14. The van der Waals surface area contributed by atoms with Crippen molar-refractivity contribution in [3.05, 3.63) is 89.5 Å². The van der Waals surface area contributed by atoms with Crippen molar-refractivity contribution in [3.8, 4) is 0 Å². The highest BCUT2D eigenvalue weighted by molar-refractivity contribution is 5.77. The van der Waals surface area contributed by atoms with Crippen LogP contribution in [-0.4, -0.2) is 0 Å². The fraction of sp³-hybridized carbons (Fsp3) is 0.182. The Kier molecular flexibility index (Phi) is 3.63. The van der Waals surface area contributed by atoms with Gasteiger partial charge in [0.05, 0.1) is 0 Å². The quantitative estimate of drug-likeness (QED) is 0.587. The smallest absolute Gasteiger partial charge is 0.0464 e. The third-order valence-electron chi connectivity index (χ3n) is 4.73. The van der Waals surface area contributed by atoms with Crippen molar-refractivity contribution in [1.82, 2.24) is 0 Å². The van der Waals surface area contributed by atoms with Crippen LogP contribution < -0.4 is 4.90 Å². The molecule has 0 atom stereocenters. The molecule has 3 aromatic carbocycles. The first-order valence-electron chi connectivity index (χ1n) is 8.41. The van der Waals surface area contributed by atoms with Crippen molar-refractivity contribution in [3.63, 3.8) is 0 Å². The zero-order valence-electron chi connectivity index (χ0n) is 13.5. The molecule has 1 aliphatic carbocycles. The minimum Gasteiger partial charge on any atom is -0.310 e. The third kappa shape index (κ3) is 2.63. The van der Waals surface area contributed by atoms with Crippen LogP contribution in [0.15, 0.2) is 72.8 Å². The Balaban J connectivity index is 1.81. The fourth-order valence-electron chi connectivity index (χ4n) is 3.23. The minimum atomic E-state index is 1.07. The number of fused-ring (bicyclic) bond motifs is 1. The second kappa shape index (κ2) is 5.92. The molecule has 0 radical (unpaired) electrons. The van der Waals surface area contributed by atoms with Gasteiger partial charge in [-0.2, -0.15) is 0 Å². The molecule has 0 saturated carbocycles. The number of rotatable bonds is 4. The van der Waals surface area contributed by atoms with Gasteiger partial charge in [0.15, 0.2) is 0 Å². The van der Waals surface area contributed by atoms with Gasteiger partial charge in [0.2, 0.25) is 0 Å². The molecule has 0 N–H and O–H groups in total. The molecule has 0 unspecified atom stereocenters. The number of nitrogens with zero attached hydrogens (tertiary/aromatic N) is 1. The SMILES string of the molecule is CCc1ccc(N(c2ccccc2)c2ccc3c(c2)CC3)cc1. The van der Waals surface area contributed by atoms with Crippen LogP contribution in [0, 0.1) is 0 Å². The van der Waals surface area contributed by atoms with Gasteiger partial charge in [0.25, 0.3) is 0 Å². The van der Waals surface area contributed by atoms with Gasteiger partial charge in [0.1, 0.15) is 0 Å². The summed E-state index contributed by atoms with van der Waals surface area (Å²) in [6.45, 7) is 2.20. The molecule has 0 aromatic heterocycles. The van der Waals surface area contributed by atoms with Crippen LogP contribution in [0.25, 0.3) is 0 Å². The highest BCUT2D eigenvalue weighted by Gasteiger charge is 2.17. The first-order chi connectivity index (χ1) is 11.3. The third-order valence-corrected chi connectivity index (χ3v) is 4.73. The number of aryl methyl sites for hydroxylation is 3. The fourth-order valence-corrected chi connectivity index (χ4v) is 3.23. The van der Waals surface area contributed by atoms with E-state index in [1.807, 2.05) is 0 Å². The summed E-state index contributed by atoms with van der Waals surface area (Å²) >= 11 is 0. The standard InChI is InChI=1S/C22H21N/c1-2-17-8-13-21(14-9-17)23(20-6-4-3-5-7-20)22-15-12-18-10-11-19(18)16-22/h3-9,12-16H,2,10-11H2,1H3. The molecule has 1 nitrogen and oxygen atoms in total. The molecule has 23 heavy (non-hydrogen) atoms. The highest BCUT2D eigenvalue weighted by atomic mass is 15.1. The lowest BCUT2D eigenvalue weighted by Crippen LogP contribution is -2.13. The maximum absolute atomic E-state index is 2.35. The Morgan fingerprint density at radius 3 is 1.96 bits per heavy atom. The van der Waals surface area contributed by atoms with Crippen molar-refractivity contribution in [2.24, 2.45) is 0 Å². The number of benzene rings is 3. The monoisotopic (exact) mass is 299 g/mol. The van der Waals surface area contributed by atoms with E-state index in [-0.39, 0.29) is 0 Å². The molecule has 3 aromatic rings. The molecule has 114 valence electrons. The van der Waals surface area contributed by atoms with Gasteiger partial charge < -0.3 is 4.90 Å². The summed E-state index contributed by atoms with van der Waals surface area (Å²) in [5.74, 6) is 0. The molecular weight excluding hydrogens is 278 g/mol. The van der Waals surface area contributed by atoms with Crippen molar-refractivity contribution in [1.29, 1.82) is 0 Å². The average Bonchev–Trinajstić information content (AvgIpc) is 2.59. The van der Waals surface area contributed by atoms with E-state index in [4.69, 9.17) is 0 Å². The van der Waals surface area contributed by atoms with E-state index in [2.05, 4.69) is 84.6 Å². The summed E-state index contributed by atoms with van der Waals surface area (Å²) < 4.78 is 0. The van der Waals surface area contributed by atoms with E-state index in [1.165, 1.54) is 46.6 Å². The van der Waals surface area contributed by atoms with Crippen LogP contribution in [0.3, 0.4) is 0 Å². The van der Waals surface area contributed by atoms with Gasteiger partial charge in [-0.15, -0.1) is 0 Å². The Morgan fingerprint density at radius 2 is 1.35 bits per heavy atom. The Bertz CT molecular complexity index is 803. The maximum atomic E-state index is 2.35. The molecule has 0 heterocycles. The lowest BCUT2D eigenvalue weighted by atomic mass is 9.88. The number of anilines is 3. The number of hydrogen-bond acceptors (Lipinski definition) is 1. The lowest BCUT2D eigenvalue weighted by molar-refractivity contribution is 0.839. The summed E-state index contributed by atoms with van der Waals surface area (Å²) in [5, 5.41) is 0. The van der Waals surface area contributed by atoms with Gasteiger partial charge in [-0.25, -0.2) is 0 Å². The summed E-state index contributed by atoms with van der Waals surface area (Å²) in [7, 11) is 0. The van der Waals surface area contributed by atoms with Gasteiger partial charge in [0, 0.05) is 17.1 Å². The van der Waals surface area contributed by atoms with Crippen LogP contribution in [0.5, 0.6) is 0 Å². The average molecular weight is 299 g/mol. The molecule has 0 bridgehead atoms. The number of hydrogen-bond donors (Lipinski definition) is 0. The van der Waals surface area contributed by atoms with E-state index in [0.29, 0.717) is 0 Å². The lowest BCUT2D eigenvalue weighted by Gasteiger charge is -2.28. The van der Waals surface area contributed by atoms with Gasteiger partial charge in [-0.05, 0) is 72.4 Å². The van der Waals surface area contributed by atoms with Crippen LogP contribution in [0.4, 0.5) is 17.1 Å². The van der Waals surface area contributed by atoms with E-state index in [9.17, 15) is 0 Å². The topological polar surface area (TPSA) is 3.24 Å². The van der Waals surface area contributed by atoms with Crippen molar-refractivity contribution >= 4 is 17.1 Å². The van der Waals surface area contributed by atoms with E-state index >= 15 is 0 Å². The van der Waals surface area contributed by atoms with Gasteiger partial charge >= 0.3 is 0 Å². The molecule has 0 fully saturated rings. The molecule has 1 heteroatoms. The highest BCUT2D eigenvalue weighted by Crippen LogP contribution is 2.37. The van der Waals surface area contributed by atoms with Crippen molar-refractivity contribution in [2.75, 3.05) is 4.90 Å². The predicted molar refractivity (Wildman–Crippen MR) is 97.9 cm³/mol. The van der Waals surface area contributed by atoms with Crippen molar-refractivity contribution in [2.45, 2.75) is 26.2 Å². The van der Waals surface area contributed by atoms with Gasteiger partial charge in [-0.3, -0.25) is 0 Å². The Morgan fingerprint density at radius 1 is 0.696 bits per heavy atom. The maximum Gasteiger partial charge on any atom is 0.0464 e. The largest absolute Gasteiger partial charge is 0.310 e. The van der Waals surface area contributed by atoms with Crippen molar-refractivity contribution < 1.29 is 0 Å². The first-order valence-corrected chi connectivity index (χ1v) is 8.41. The summed E-state index contributed by atoms with van der Waals surface area (Å²) in [5.41, 5.74) is 8.04. The van der Waals surface area contributed by atoms with E-state index < -0.39 is 0 Å². The normalized spacial score (nSPS) is 12.4. The molecule has 0 spiro atoms. The van der Waals surface area contributed by atoms with Gasteiger partial charge in [-0.1, -0.05) is 43.3 Å². The van der Waals surface area contributed by atoms with Crippen LogP contribution in [-0.2, 0) is 19.3 Å².